The van der Waals surface area contributed by atoms with E-state index in [1.54, 1.807) is 32.9 Å². The summed E-state index contributed by atoms with van der Waals surface area (Å²) in [5, 5.41) is 0. The summed E-state index contributed by atoms with van der Waals surface area (Å²) in [7, 11) is 0.824. The fourth-order valence-corrected chi connectivity index (χ4v) is 2.89. The van der Waals surface area contributed by atoms with Gasteiger partial charge in [-0.05, 0) is 59.5 Å². The number of hydrogen-bond donors (Lipinski definition) is 0. The second-order valence-electron chi connectivity index (χ2n) is 9.12. The van der Waals surface area contributed by atoms with Crippen LogP contribution in [0.3, 0.4) is 0 Å². The summed E-state index contributed by atoms with van der Waals surface area (Å²) >= 11 is 0. The van der Waals surface area contributed by atoms with Crippen LogP contribution in [-0.4, -0.2) is 43.0 Å². The Morgan fingerprint density at radius 1 is 1.04 bits per heavy atom. The Labute approximate surface area is 168 Å². The predicted molar refractivity (Wildman–Crippen MR) is 107 cm³/mol. The Balaban J connectivity index is 2.18. The number of benzene rings is 1. The van der Waals surface area contributed by atoms with E-state index in [9.17, 15) is 9.59 Å². The van der Waals surface area contributed by atoms with Crippen LogP contribution >= 0.6 is 0 Å². The van der Waals surface area contributed by atoms with Gasteiger partial charge >= 0.3 is 19.1 Å². The molecule has 28 heavy (non-hydrogen) atoms. The van der Waals surface area contributed by atoms with Gasteiger partial charge in [0.25, 0.3) is 0 Å². The van der Waals surface area contributed by atoms with E-state index in [4.69, 9.17) is 18.8 Å². The van der Waals surface area contributed by atoms with E-state index in [-0.39, 0.29) is 6.42 Å². The quantitative estimate of drug-likeness (QED) is 0.569. The summed E-state index contributed by atoms with van der Waals surface area (Å²) in [5.41, 5.74) is 0.0583. The number of hydrogen-bond acceptors (Lipinski definition) is 6. The maximum absolute atomic E-state index is 12.2. The van der Waals surface area contributed by atoms with Crippen molar-refractivity contribution in [2.45, 2.75) is 77.6 Å². The molecule has 1 unspecified atom stereocenters. The molecule has 1 aliphatic heterocycles. The van der Waals surface area contributed by atoms with Crippen LogP contribution in [-0.2, 0) is 28.4 Å². The molecule has 7 heteroatoms. The standard InChI is InChI=1S/C21H31BO6/c1-19(2,3)26-17(23)13-16(18(24)25-8)14-9-11-15(12-10-14)22-27-20(4,5)21(6,7)28-22/h9-12,16H,13H2,1-8H3. The molecule has 0 saturated carbocycles. The molecule has 6 nitrogen and oxygen atoms in total. The van der Waals surface area contributed by atoms with Crippen molar-refractivity contribution in [2.24, 2.45) is 0 Å². The van der Waals surface area contributed by atoms with E-state index >= 15 is 0 Å². The first-order valence-electron chi connectivity index (χ1n) is 9.51. The molecule has 0 amide bonds. The summed E-state index contributed by atoms with van der Waals surface area (Å²) in [4.78, 5) is 24.5. The second-order valence-corrected chi connectivity index (χ2v) is 9.12. The molecule has 0 radical (unpaired) electrons. The van der Waals surface area contributed by atoms with Crippen LogP contribution in [0, 0.1) is 0 Å². The van der Waals surface area contributed by atoms with Crippen LogP contribution in [0.5, 0.6) is 0 Å². The zero-order chi connectivity index (χ0) is 21.3. The summed E-state index contributed by atoms with van der Waals surface area (Å²) in [6, 6.07) is 7.30. The number of rotatable bonds is 5. The van der Waals surface area contributed by atoms with E-state index in [0.717, 1.165) is 5.46 Å². The van der Waals surface area contributed by atoms with E-state index in [2.05, 4.69) is 0 Å². The number of esters is 2. The average Bonchev–Trinajstić information content (AvgIpc) is 2.78. The first-order chi connectivity index (χ1) is 12.8. The Hall–Kier alpha value is -1.86. The van der Waals surface area contributed by atoms with Crippen molar-refractivity contribution in [1.29, 1.82) is 0 Å². The molecule has 1 fully saturated rings. The van der Waals surface area contributed by atoms with Gasteiger partial charge in [0.05, 0.1) is 30.7 Å². The van der Waals surface area contributed by atoms with Crippen LogP contribution in [0.25, 0.3) is 0 Å². The minimum absolute atomic E-state index is 0.0836. The zero-order valence-electron chi connectivity index (χ0n) is 18.1. The smallest absolute Gasteiger partial charge is 0.469 e. The van der Waals surface area contributed by atoms with Crippen molar-refractivity contribution in [1.82, 2.24) is 0 Å². The second kappa shape index (κ2) is 7.87. The third-order valence-corrected chi connectivity index (χ3v) is 5.14. The molecule has 2 rings (SSSR count). The molecule has 0 N–H and O–H groups in total. The molecule has 1 atom stereocenters. The molecule has 0 spiro atoms. The highest BCUT2D eigenvalue weighted by atomic mass is 16.7. The lowest BCUT2D eigenvalue weighted by atomic mass is 9.78. The van der Waals surface area contributed by atoms with Gasteiger partial charge in [0, 0.05) is 0 Å². The van der Waals surface area contributed by atoms with Gasteiger partial charge in [-0.2, -0.15) is 0 Å². The number of methoxy groups -OCH3 is 1. The van der Waals surface area contributed by atoms with E-state index in [1.807, 2.05) is 39.8 Å². The average molecular weight is 390 g/mol. The molecule has 1 aromatic carbocycles. The van der Waals surface area contributed by atoms with Crippen molar-refractivity contribution >= 4 is 24.5 Å². The molecule has 0 aromatic heterocycles. The highest BCUT2D eigenvalue weighted by Crippen LogP contribution is 2.36. The number of carbonyl (C=O) groups is 2. The minimum Gasteiger partial charge on any atom is -0.469 e. The predicted octanol–water partition coefficient (Wildman–Crippen LogP) is 2.97. The van der Waals surface area contributed by atoms with Gasteiger partial charge in [0.2, 0.25) is 0 Å². The largest absolute Gasteiger partial charge is 0.494 e. The van der Waals surface area contributed by atoms with Gasteiger partial charge < -0.3 is 18.8 Å². The molecule has 1 heterocycles. The van der Waals surface area contributed by atoms with E-state index < -0.39 is 41.8 Å². The van der Waals surface area contributed by atoms with Crippen molar-refractivity contribution in [2.75, 3.05) is 7.11 Å². The maximum atomic E-state index is 12.2. The molecule has 154 valence electrons. The van der Waals surface area contributed by atoms with Gasteiger partial charge in [-0.15, -0.1) is 0 Å². The Morgan fingerprint density at radius 3 is 1.96 bits per heavy atom. The van der Waals surface area contributed by atoms with Crippen molar-refractivity contribution < 1.29 is 28.4 Å². The molecule has 1 aromatic rings. The SMILES string of the molecule is COC(=O)C(CC(=O)OC(C)(C)C)c1ccc(B2OC(C)(C)C(C)(C)O2)cc1. The van der Waals surface area contributed by atoms with Gasteiger partial charge in [-0.1, -0.05) is 24.3 Å². The normalized spacial score (nSPS) is 19.2. The minimum atomic E-state index is -0.729. The number of ether oxygens (including phenoxy) is 2. The van der Waals surface area contributed by atoms with Gasteiger partial charge in [0.1, 0.15) is 5.60 Å². The van der Waals surface area contributed by atoms with Crippen LogP contribution in [0.15, 0.2) is 24.3 Å². The summed E-state index contributed by atoms with van der Waals surface area (Å²) in [5.74, 6) is -1.65. The highest BCUT2D eigenvalue weighted by Gasteiger charge is 2.51. The van der Waals surface area contributed by atoms with Crippen LogP contribution < -0.4 is 5.46 Å². The van der Waals surface area contributed by atoms with Crippen LogP contribution in [0.4, 0.5) is 0 Å². The molecule has 0 aliphatic carbocycles. The Morgan fingerprint density at radius 2 is 1.54 bits per heavy atom. The third-order valence-electron chi connectivity index (χ3n) is 5.14. The van der Waals surface area contributed by atoms with E-state index in [1.165, 1.54) is 7.11 Å². The first-order valence-corrected chi connectivity index (χ1v) is 9.51. The molecule has 0 bridgehead atoms. The van der Waals surface area contributed by atoms with Crippen LogP contribution in [0.2, 0.25) is 0 Å². The summed E-state index contributed by atoms with van der Waals surface area (Å²) in [6.07, 6.45) is -0.0836. The number of carbonyl (C=O) groups excluding carboxylic acids is 2. The van der Waals surface area contributed by atoms with E-state index in [0.29, 0.717) is 5.56 Å². The monoisotopic (exact) mass is 390 g/mol. The topological polar surface area (TPSA) is 71.1 Å². The molecular formula is C21H31BO6. The van der Waals surface area contributed by atoms with Gasteiger partial charge in [-0.25, -0.2) is 0 Å². The Kier molecular flexibility index (Phi) is 6.31. The third kappa shape index (κ3) is 5.14. The molecule has 1 aliphatic rings. The lowest BCUT2D eigenvalue weighted by Crippen LogP contribution is -2.41. The first kappa shape index (κ1) is 22.4. The zero-order valence-corrected chi connectivity index (χ0v) is 18.1. The lowest BCUT2D eigenvalue weighted by Gasteiger charge is -2.32. The summed E-state index contributed by atoms with van der Waals surface area (Å²) < 4.78 is 22.3. The fraction of sp³-hybridized carbons (Fsp3) is 0.619. The Bertz CT molecular complexity index is 701. The summed E-state index contributed by atoms with van der Waals surface area (Å²) in [6.45, 7) is 13.3. The van der Waals surface area contributed by atoms with Crippen molar-refractivity contribution in [3.63, 3.8) is 0 Å². The molecule has 1 saturated heterocycles. The van der Waals surface area contributed by atoms with Crippen molar-refractivity contribution in [3.05, 3.63) is 29.8 Å². The van der Waals surface area contributed by atoms with Gasteiger partial charge in [0.15, 0.2) is 0 Å². The highest BCUT2D eigenvalue weighted by molar-refractivity contribution is 6.62. The fourth-order valence-electron chi connectivity index (χ4n) is 2.89. The molecular weight excluding hydrogens is 359 g/mol. The lowest BCUT2D eigenvalue weighted by molar-refractivity contribution is -0.158. The van der Waals surface area contributed by atoms with Crippen LogP contribution in [0.1, 0.15) is 66.4 Å². The van der Waals surface area contributed by atoms with Crippen molar-refractivity contribution in [3.8, 4) is 0 Å². The maximum Gasteiger partial charge on any atom is 0.494 e. The van der Waals surface area contributed by atoms with Gasteiger partial charge in [-0.3, -0.25) is 9.59 Å².